The van der Waals surface area contributed by atoms with Crippen LogP contribution in [-0.2, 0) is 0 Å². The van der Waals surface area contributed by atoms with Crippen molar-refractivity contribution in [1.29, 1.82) is 5.26 Å². The van der Waals surface area contributed by atoms with Crippen LogP contribution in [-0.4, -0.2) is 30.9 Å². The molecular weight excluding hydrogens is 310 g/mol. The molecular formula is C17H15N3O4. The van der Waals surface area contributed by atoms with E-state index in [9.17, 15) is 9.90 Å². The van der Waals surface area contributed by atoms with Gasteiger partial charge in [-0.05, 0) is 35.9 Å². The van der Waals surface area contributed by atoms with E-state index in [2.05, 4.69) is 10.5 Å². The molecule has 0 atom stereocenters. The Morgan fingerprint density at radius 2 is 2.12 bits per heavy atom. The number of phenols is 1. The molecule has 0 spiro atoms. The number of para-hydroxylation sites is 1. The maximum atomic E-state index is 11.9. The topological polar surface area (TPSA) is 104 Å². The van der Waals surface area contributed by atoms with Crippen LogP contribution in [0.1, 0.15) is 15.9 Å². The third-order valence-electron chi connectivity index (χ3n) is 3.01. The molecule has 0 unspecified atom stereocenters. The van der Waals surface area contributed by atoms with E-state index in [0.717, 1.165) is 0 Å². The van der Waals surface area contributed by atoms with Crippen LogP contribution in [0.15, 0.2) is 47.6 Å². The first-order chi connectivity index (χ1) is 11.7. The molecule has 7 nitrogen and oxygen atoms in total. The second-order valence-electron chi connectivity index (χ2n) is 4.57. The number of carbonyl (C=O) groups is 1. The molecule has 0 aliphatic carbocycles. The van der Waals surface area contributed by atoms with E-state index in [4.69, 9.17) is 14.7 Å². The molecule has 0 bridgehead atoms. The normalized spacial score (nSPS) is 10.2. The zero-order valence-electron chi connectivity index (χ0n) is 12.9. The van der Waals surface area contributed by atoms with Gasteiger partial charge in [0.05, 0.1) is 18.9 Å². The summed E-state index contributed by atoms with van der Waals surface area (Å²) < 4.78 is 10.4. The number of hydrazone groups is 1. The van der Waals surface area contributed by atoms with E-state index < -0.39 is 5.91 Å². The molecule has 0 aromatic heterocycles. The summed E-state index contributed by atoms with van der Waals surface area (Å²) in [6.07, 6.45) is 1.43. The Kier molecular flexibility index (Phi) is 5.75. The van der Waals surface area contributed by atoms with Gasteiger partial charge in [-0.3, -0.25) is 4.79 Å². The van der Waals surface area contributed by atoms with E-state index in [-0.39, 0.29) is 17.9 Å². The molecule has 0 radical (unpaired) electrons. The highest BCUT2D eigenvalue weighted by atomic mass is 16.5. The summed E-state index contributed by atoms with van der Waals surface area (Å²) in [5, 5.41) is 22.0. The number of benzene rings is 2. The van der Waals surface area contributed by atoms with Crippen molar-refractivity contribution in [3.05, 3.63) is 53.6 Å². The van der Waals surface area contributed by atoms with Crippen LogP contribution in [0.3, 0.4) is 0 Å². The second kappa shape index (κ2) is 8.19. The number of rotatable bonds is 6. The van der Waals surface area contributed by atoms with Gasteiger partial charge in [-0.1, -0.05) is 12.1 Å². The van der Waals surface area contributed by atoms with E-state index in [1.54, 1.807) is 30.3 Å². The quantitative estimate of drug-likeness (QED) is 0.625. The summed E-state index contributed by atoms with van der Waals surface area (Å²) >= 11 is 0. The summed E-state index contributed by atoms with van der Waals surface area (Å²) in [7, 11) is 1.48. The Labute approximate surface area is 138 Å². The first-order valence-corrected chi connectivity index (χ1v) is 6.95. The second-order valence-corrected chi connectivity index (χ2v) is 4.57. The lowest BCUT2D eigenvalue weighted by atomic mass is 10.2. The van der Waals surface area contributed by atoms with Crippen LogP contribution in [0.4, 0.5) is 0 Å². The Hall–Kier alpha value is -3.53. The number of phenolic OH excluding ortho intramolecular Hbond substituents is 1. The van der Waals surface area contributed by atoms with Gasteiger partial charge in [-0.2, -0.15) is 10.4 Å². The molecule has 2 aromatic carbocycles. The highest BCUT2D eigenvalue weighted by Gasteiger charge is 2.09. The molecule has 0 saturated carbocycles. The number of nitrogens with zero attached hydrogens (tertiary/aromatic N) is 2. The van der Waals surface area contributed by atoms with Crippen LogP contribution >= 0.6 is 0 Å². The lowest BCUT2D eigenvalue weighted by Crippen LogP contribution is -2.17. The molecule has 122 valence electrons. The number of nitrogens with one attached hydrogen (secondary N) is 1. The third kappa shape index (κ3) is 4.24. The van der Waals surface area contributed by atoms with Gasteiger partial charge in [0.15, 0.2) is 18.1 Å². The first-order valence-electron chi connectivity index (χ1n) is 6.95. The summed E-state index contributed by atoms with van der Waals surface area (Å²) in [4.78, 5) is 11.9. The van der Waals surface area contributed by atoms with Gasteiger partial charge in [0.25, 0.3) is 5.91 Å². The summed E-state index contributed by atoms with van der Waals surface area (Å²) in [5.41, 5.74) is 3.12. The average Bonchev–Trinajstić information content (AvgIpc) is 2.60. The highest BCUT2D eigenvalue weighted by Crippen LogP contribution is 2.27. The van der Waals surface area contributed by atoms with Crippen molar-refractivity contribution in [2.24, 2.45) is 5.10 Å². The molecule has 1 amide bonds. The van der Waals surface area contributed by atoms with Crippen LogP contribution in [0.2, 0.25) is 0 Å². The number of ether oxygens (including phenoxy) is 2. The van der Waals surface area contributed by atoms with Crippen molar-refractivity contribution in [3.8, 4) is 23.3 Å². The van der Waals surface area contributed by atoms with Gasteiger partial charge < -0.3 is 14.6 Å². The molecule has 2 aromatic rings. The van der Waals surface area contributed by atoms with E-state index in [0.29, 0.717) is 17.1 Å². The van der Waals surface area contributed by atoms with Gasteiger partial charge in [0.1, 0.15) is 11.8 Å². The number of methoxy groups -OCH3 is 1. The Bertz CT molecular complexity index is 797. The monoisotopic (exact) mass is 325 g/mol. The molecule has 2 rings (SSSR count). The smallest absolute Gasteiger partial charge is 0.275 e. The van der Waals surface area contributed by atoms with Crippen LogP contribution in [0.25, 0.3) is 0 Å². The number of carbonyl (C=O) groups excluding carboxylic acids is 1. The fourth-order valence-corrected chi connectivity index (χ4v) is 1.89. The number of aromatic hydroxyl groups is 1. The fourth-order valence-electron chi connectivity index (χ4n) is 1.89. The minimum absolute atomic E-state index is 0.0829. The maximum absolute atomic E-state index is 11.9. The van der Waals surface area contributed by atoms with E-state index in [1.165, 1.54) is 25.5 Å². The Morgan fingerprint density at radius 3 is 2.83 bits per heavy atom. The van der Waals surface area contributed by atoms with Crippen LogP contribution in [0.5, 0.6) is 17.2 Å². The predicted octanol–water partition coefficient (Wildman–Crippen LogP) is 2.07. The minimum Gasteiger partial charge on any atom is -0.507 e. The third-order valence-corrected chi connectivity index (χ3v) is 3.01. The van der Waals surface area contributed by atoms with Crippen molar-refractivity contribution < 1.29 is 19.4 Å². The van der Waals surface area contributed by atoms with Gasteiger partial charge in [0, 0.05) is 0 Å². The van der Waals surface area contributed by atoms with Crippen LogP contribution in [0, 0.1) is 11.3 Å². The van der Waals surface area contributed by atoms with Gasteiger partial charge in [-0.25, -0.2) is 5.43 Å². The number of hydrogen-bond donors (Lipinski definition) is 2. The zero-order chi connectivity index (χ0) is 17.4. The van der Waals surface area contributed by atoms with Gasteiger partial charge in [-0.15, -0.1) is 0 Å². The van der Waals surface area contributed by atoms with Crippen molar-refractivity contribution in [2.75, 3.05) is 13.7 Å². The Balaban J connectivity index is 2.05. The van der Waals surface area contributed by atoms with Gasteiger partial charge >= 0.3 is 0 Å². The Morgan fingerprint density at radius 1 is 1.33 bits per heavy atom. The molecule has 0 aliphatic rings. The summed E-state index contributed by atoms with van der Waals surface area (Å²) in [5.74, 6) is 0.242. The average molecular weight is 325 g/mol. The summed E-state index contributed by atoms with van der Waals surface area (Å²) in [6.45, 7) is -0.0829. The van der Waals surface area contributed by atoms with Crippen molar-refractivity contribution in [3.63, 3.8) is 0 Å². The van der Waals surface area contributed by atoms with E-state index >= 15 is 0 Å². The highest BCUT2D eigenvalue weighted by molar-refractivity contribution is 5.97. The van der Waals surface area contributed by atoms with Crippen molar-refractivity contribution >= 4 is 12.1 Å². The van der Waals surface area contributed by atoms with Crippen molar-refractivity contribution in [1.82, 2.24) is 5.43 Å². The van der Waals surface area contributed by atoms with Crippen LogP contribution < -0.4 is 14.9 Å². The molecule has 2 N–H and O–H groups in total. The SMILES string of the molecule is COc1cc(/C=N/NC(=O)c2ccccc2O)ccc1OCC#N. The lowest BCUT2D eigenvalue weighted by Gasteiger charge is -2.08. The van der Waals surface area contributed by atoms with Gasteiger partial charge in [0.2, 0.25) is 0 Å². The standard InChI is InChI=1S/C17H15N3O4/c1-23-16-10-12(6-7-15(16)24-9-8-18)11-19-20-17(22)13-4-2-3-5-14(13)21/h2-7,10-11,21H,9H2,1H3,(H,20,22)/b19-11+. The fraction of sp³-hybridized carbons (Fsp3) is 0.118. The zero-order valence-corrected chi connectivity index (χ0v) is 12.9. The largest absolute Gasteiger partial charge is 0.507 e. The number of amides is 1. The molecule has 0 aliphatic heterocycles. The number of hydrogen-bond acceptors (Lipinski definition) is 6. The lowest BCUT2D eigenvalue weighted by molar-refractivity contribution is 0.0952. The minimum atomic E-state index is -0.523. The molecule has 24 heavy (non-hydrogen) atoms. The molecule has 0 heterocycles. The van der Waals surface area contributed by atoms with Crippen molar-refractivity contribution in [2.45, 2.75) is 0 Å². The summed E-state index contributed by atoms with van der Waals surface area (Å²) in [6, 6.07) is 13.0. The number of nitriles is 1. The molecule has 0 saturated heterocycles. The molecule has 7 heteroatoms. The maximum Gasteiger partial charge on any atom is 0.275 e. The first kappa shape index (κ1) is 16.8. The predicted molar refractivity (Wildman–Crippen MR) is 87.3 cm³/mol. The van der Waals surface area contributed by atoms with E-state index in [1.807, 2.05) is 6.07 Å². The molecule has 0 fully saturated rings.